The van der Waals surface area contributed by atoms with Crippen molar-refractivity contribution in [3.05, 3.63) is 71.0 Å². The number of hydrogen-bond donors (Lipinski definition) is 3. The quantitative estimate of drug-likeness (QED) is 0.763. The van der Waals surface area contributed by atoms with Gasteiger partial charge in [-0.3, -0.25) is 0 Å². The minimum Gasteiger partial charge on any atom is -0.478 e. The molecule has 110 valence electrons. The fourth-order valence-corrected chi connectivity index (χ4v) is 2.06. The van der Waals surface area contributed by atoms with Gasteiger partial charge in [0.15, 0.2) is 0 Å². The number of carboxylic acids is 1. The maximum atomic E-state index is 13.6. The molecular formula is C16H16FNO3. The molecule has 21 heavy (non-hydrogen) atoms. The molecule has 0 radical (unpaired) electrons. The van der Waals surface area contributed by atoms with E-state index in [1.165, 1.54) is 12.1 Å². The molecule has 0 heterocycles. The van der Waals surface area contributed by atoms with Crippen LogP contribution in [0.5, 0.6) is 0 Å². The molecule has 0 saturated heterocycles. The molecule has 0 bridgehead atoms. The normalized spacial score (nSPS) is 12.1. The topological polar surface area (TPSA) is 69.6 Å². The highest BCUT2D eigenvalue weighted by Gasteiger charge is 2.12. The number of carboxylic acid groups (broad SMARTS) is 1. The fraction of sp³-hybridized carbons (Fsp3) is 0.188. The van der Waals surface area contributed by atoms with Gasteiger partial charge in [-0.2, -0.15) is 0 Å². The predicted molar refractivity (Wildman–Crippen MR) is 76.5 cm³/mol. The molecule has 2 rings (SSSR count). The average molecular weight is 289 g/mol. The van der Waals surface area contributed by atoms with Gasteiger partial charge in [-0.25, -0.2) is 9.18 Å². The number of halogens is 1. The maximum absolute atomic E-state index is 13.6. The summed E-state index contributed by atoms with van der Waals surface area (Å²) in [5.41, 5.74) is 1.20. The van der Waals surface area contributed by atoms with Crippen molar-refractivity contribution < 1.29 is 19.4 Å². The van der Waals surface area contributed by atoms with Gasteiger partial charge in [0.2, 0.25) is 0 Å². The average Bonchev–Trinajstić information content (AvgIpc) is 2.48. The van der Waals surface area contributed by atoms with Crippen molar-refractivity contribution in [1.29, 1.82) is 0 Å². The molecule has 2 aromatic carbocycles. The summed E-state index contributed by atoms with van der Waals surface area (Å²) in [6.45, 7) is 0.247. The van der Waals surface area contributed by atoms with E-state index in [2.05, 4.69) is 5.32 Å². The van der Waals surface area contributed by atoms with E-state index in [0.29, 0.717) is 12.1 Å². The minimum absolute atomic E-state index is 0.0836. The van der Waals surface area contributed by atoms with Crippen LogP contribution in [0.25, 0.3) is 0 Å². The fourth-order valence-electron chi connectivity index (χ4n) is 2.06. The van der Waals surface area contributed by atoms with E-state index < -0.39 is 11.8 Å². The number of benzene rings is 2. The van der Waals surface area contributed by atoms with Crippen LogP contribution in [0.3, 0.4) is 0 Å². The molecule has 0 aromatic heterocycles. The second-order valence-electron chi connectivity index (χ2n) is 4.65. The Morgan fingerprint density at radius 2 is 1.90 bits per heavy atom. The van der Waals surface area contributed by atoms with Crippen LogP contribution in [0, 0.1) is 5.82 Å². The van der Waals surface area contributed by atoms with Crippen LogP contribution < -0.4 is 5.32 Å². The summed E-state index contributed by atoms with van der Waals surface area (Å²) in [5.74, 6) is -2.05. The first-order valence-electron chi connectivity index (χ1n) is 6.52. The van der Waals surface area contributed by atoms with Gasteiger partial charge in [0.1, 0.15) is 5.82 Å². The summed E-state index contributed by atoms with van der Waals surface area (Å²) in [5, 5.41) is 21.3. The summed E-state index contributed by atoms with van der Waals surface area (Å²) in [4.78, 5) is 10.7. The molecule has 0 spiro atoms. The van der Waals surface area contributed by atoms with E-state index in [0.717, 1.165) is 5.56 Å². The molecule has 0 amide bonds. The lowest BCUT2D eigenvalue weighted by Crippen LogP contribution is -2.24. The number of rotatable bonds is 6. The van der Waals surface area contributed by atoms with Crippen LogP contribution >= 0.6 is 0 Å². The summed E-state index contributed by atoms with van der Waals surface area (Å²) in [7, 11) is 0. The number of nitrogens with one attached hydrogen (secondary N) is 1. The zero-order valence-electron chi connectivity index (χ0n) is 11.3. The molecule has 4 nitrogen and oxygen atoms in total. The first-order valence-corrected chi connectivity index (χ1v) is 6.52. The Labute approximate surface area is 121 Å². The van der Waals surface area contributed by atoms with Crippen LogP contribution in [-0.2, 0) is 6.54 Å². The lowest BCUT2D eigenvalue weighted by Gasteiger charge is -2.17. The largest absolute Gasteiger partial charge is 0.478 e. The molecule has 0 fully saturated rings. The molecular weight excluding hydrogens is 273 g/mol. The Morgan fingerprint density at radius 1 is 1.19 bits per heavy atom. The highest BCUT2D eigenvalue weighted by molar-refractivity contribution is 5.87. The van der Waals surface area contributed by atoms with Crippen molar-refractivity contribution in [3.8, 4) is 0 Å². The maximum Gasteiger partial charge on any atom is 0.338 e. The SMILES string of the molecule is O=C(O)c1ccc(CNC(CO)c2ccccc2)cc1F. The van der Waals surface area contributed by atoms with Gasteiger partial charge in [0, 0.05) is 6.54 Å². The monoisotopic (exact) mass is 289 g/mol. The van der Waals surface area contributed by atoms with Gasteiger partial charge < -0.3 is 15.5 Å². The van der Waals surface area contributed by atoms with Crippen molar-refractivity contribution in [2.75, 3.05) is 6.61 Å². The third kappa shape index (κ3) is 3.87. The minimum atomic E-state index is -1.29. The number of aliphatic hydroxyl groups excluding tert-OH is 1. The van der Waals surface area contributed by atoms with E-state index in [1.807, 2.05) is 30.3 Å². The number of aliphatic hydroxyl groups is 1. The highest BCUT2D eigenvalue weighted by atomic mass is 19.1. The smallest absolute Gasteiger partial charge is 0.338 e. The van der Waals surface area contributed by atoms with Crippen molar-refractivity contribution in [3.63, 3.8) is 0 Å². The Kier molecular flexibility index (Phi) is 5.03. The van der Waals surface area contributed by atoms with Crippen LogP contribution in [-0.4, -0.2) is 22.8 Å². The van der Waals surface area contributed by atoms with E-state index in [4.69, 9.17) is 5.11 Å². The zero-order chi connectivity index (χ0) is 15.2. The lowest BCUT2D eigenvalue weighted by molar-refractivity contribution is 0.0692. The number of aromatic carboxylic acids is 1. The standard InChI is InChI=1S/C16H16FNO3/c17-14-8-11(6-7-13(14)16(20)21)9-18-15(10-19)12-4-2-1-3-5-12/h1-8,15,18-19H,9-10H2,(H,20,21). The van der Waals surface area contributed by atoms with Crippen LogP contribution in [0.2, 0.25) is 0 Å². The molecule has 0 aliphatic heterocycles. The van der Waals surface area contributed by atoms with Gasteiger partial charge in [-0.15, -0.1) is 0 Å². The molecule has 2 aromatic rings. The van der Waals surface area contributed by atoms with Crippen LogP contribution in [0.4, 0.5) is 4.39 Å². The number of carbonyl (C=O) groups is 1. The van der Waals surface area contributed by atoms with Crippen LogP contribution in [0.1, 0.15) is 27.5 Å². The molecule has 1 unspecified atom stereocenters. The third-order valence-electron chi connectivity index (χ3n) is 3.20. The van der Waals surface area contributed by atoms with Crippen LogP contribution in [0.15, 0.2) is 48.5 Å². The molecule has 0 aliphatic carbocycles. The molecule has 5 heteroatoms. The van der Waals surface area contributed by atoms with Gasteiger partial charge in [-0.05, 0) is 23.3 Å². The van der Waals surface area contributed by atoms with E-state index in [-0.39, 0.29) is 18.2 Å². The van der Waals surface area contributed by atoms with Gasteiger partial charge in [0.25, 0.3) is 0 Å². The Morgan fingerprint density at radius 3 is 2.48 bits per heavy atom. The summed E-state index contributed by atoms with van der Waals surface area (Å²) in [6.07, 6.45) is 0. The second kappa shape index (κ2) is 6.97. The lowest BCUT2D eigenvalue weighted by atomic mass is 10.1. The van der Waals surface area contributed by atoms with Gasteiger partial charge in [-0.1, -0.05) is 36.4 Å². The van der Waals surface area contributed by atoms with E-state index in [1.54, 1.807) is 6.07 Å². The molecule has 0 saturated carbocycles. The van der Waals surface area contributed by atoms with E-state index in [9.17, 15) is 14.3 Å². The highest BCUT2D eigenvalue weighted by Crippen LogP contribution is 2.14. The van der Waals surface area contributed by atoms with Gasteiger partial charge >= 0.3 is 5.97 Å². The first-order chi connectivity index (χ1) is 10.1. The van der Waals surface area contributed by atoms with Crippen molar-refractivity contribution in [1.82, 2.24) is 5.32 Å². The Bertz CT molecular complexity index is 616. The van der Waals surface area contributed by atoms with E-state index >= 15 is 0 Å². The van der Waals surface area contributed by atoms with Crippen molar-refractivity contribution in [2.24, 2.45) is 0 Å². The molecule has 0 aliphatic rings. The second-order valence-corrected chi connectivity index (χ2v) is 4.65. The van der Waals surface area contributed by atoms with Crippen molar-refractivity contribution >= 4 is 5.97 Å². The Balaban J connectivity index is 2.05. The predicted octanol–water partition coefficient (Wildman–Crippen LogP) is 2.35. The third-order valence-corrected chi connectivity index (χ3v) is 3.20. The first kappa shape index (κ1) is 15.2. The summed E-state index contributed by atoms with van der Waals surface area (Å²) in [6, 6.07) is 13.2. The summed E-state index contributed by atoms with van der Waals surface area (Å²) >= 11 is 0. The number of hydrogen-bond acceptors (Lipinski definition) is 3. The van der Waals surface area contributed by atoms with Gasteiger partial charge in [0.05, 0.1) is 18.2 Å². The summed E-state index contributed by atoms with van der Waals surface area (Å²) < 4.78 is 13.6. The zero-order valence-corrected chi connectivity index (χ0v) is 11.3. The van der Waals surface area contributed by atoms with Crippen molar-refractivity contribution in [2.45, 2.75) is 12.6 Å². The molecule has 1 atom stereocenters. The Hall–Kier alpha value is -2.24. The molecule has 3 N–H and O–H groups in total.